The minimum atomic E-state index is -3.37. The standard InChI is InChI=1S/C11H13FO3S/c1-7(13)5-8-6-16(14,15)10-4-2-3-9(12)11(8)10/h2-4,7-8,13H,5-6H2,1H3. The highest BCUT2D eigenvalue weighted by atomic mass is 32.2. The van der Waals surface area contributed by atoms with E-state index in [-0.39, 0.29) is 22.6 Å². The summed E-state index contributed by atoms with van der Waals surface area (Å²) < 4.78 is 37.1. The summed E-state index contributed by atoms with van der Waals surface area (Å²) >= 11 is 0. The Morgan fingerprint density at radius 1 is 1.56 bits per heavy atom. The molecular formula is C11H13FO3S. The first-order chi connectivity index (χ1) is 7.42. The number of aliphatic hydroxyl groups is 1. The van der Waals surface area contributed by atoms with Crippen molar-refractivity contribution in [3.8, 4) is 0 Å². The molecule has 2 atom stereocenters. The third kappa shape index (κ3) is 1.85. The summed E-state index contributed by atoms with van der Waals surface area (Å²) in [6, 6.07) is 4.08. The van der Waals surface area contributed by atoms with Crippen molar-refractivity contribution in [2.45, 2.75) is 30.3 Å². The van der Waals surface area contributed by atoms with Gasteiger partial charge in [-0.2, -0.15) is 0 Å². The molecule has 2 rings (SSSR count). The van der Waals surface area contributed by atoms with Crippen molar-refractivity contribution < 1.29 is 17.9 Å². The molecule has 2 unspecified atom stereocenters. The zero-order valence-corrected chi connectivity index (χ0v) is 9.67. The number of rotatable bonds is 2. The summed E-state index contributed by atoms with van der Waals surface area (Å²) in [4.78, 5) is 0.0816. The molecule has 1 heterocycles. The molecule has 0 saturated carbocycles. The maximum Gasteiger partial charge on any atom is 0.179 e. The van der Waals surface area contributed by atoms with Gasteiger partial charge in [0.25, 0.3) is 0 Å². The van der Waals surface area contributed by atoms with E-state index in [0.29, 0.717) is 0 Å². The number of aliphatic hydroxyl groups excluding tert-OH is 1. The number of halogens is 1. The maximum absolute atomic E-state index is 13.6. The molecule has 0 aliphatic carbocycles. The predicted octanol–water partition coefficient (Wildman–Crippen LogP) is 1.47. The van der Waals surface area contributed by atoms with Crippen LogP contribution < -0.4 is 0 Å². The van der Waals surface area contributed by atoms with Crippen LogP contribution in [0.4, 0.5) is 4.39 Å². The molecule has 0 amide bonds. The predicted molar refractivity (Wildman–Crippen MR) is 57.5 cm³/mol. The van der Waals surface area contributed by atoms with Gasteiger partial charge in [-0.1, -0.05) is 6.07 Å². The molecule has 0 bridgehead atoms. The third-order valence-electron chi connectivity index (χ3n) is 2.80. The summed E-state index contributed by atoms with van der Waals surface area (Å²) in [5.74, 6) is -1.03. The minimum Gasteiger partial charge on any atom is -0.393 e. The van der Waals surface area contributed by atoms with Gasteiger partial charge < -0.3 is 5.11 Å². The normalized spacial score (nSPS) is 24.1. The van der Waals surface area contributed by atoms with Crippen LogP contribution in [0.5, 0.6) is 0 Å². The number of sulfone groups is 1. The molecule has 0 radical (unpaired) electrons. The average molecular weight is 244 g/mol. The van der Waals surface area contributed by atoms with E-state index in [1.54, 1.807) is 6.92 Å². The van der Waals surface area contributed by atoms with E-state index in [9.17, 15) is 17.9 Å². The van der Waals surface area contributed by atoms with Crippen LogP contribution in [0.3, 0.4) is 0 Å². The van der Waals surface area contributed by atoms with Gasteiger partial charge in [-0.15, -0.1) is 0 Å². The molecule has 0 aromatic heterocycles. The number of hydrogen-bond acceptors (Lipinski definition) is 3. The van der Waals surface area contributed by atoms with E-state index >= 15 is 0 Å². The van der Waals surface area contributed by atoms with E-state index < -0.39 is 27.7 Å². The van der Waals surface area contributed by atoms with Gasteiger partial charge >= 0.3 is 0 Å². The van der Waals surface area contributed by atoms with Crippen LogP contribution in [0.1, 0.15) is 24.8 Å². The smallest absolute Gasteiger partial charge is 0.179 e. The molecule has 1 aliphatic heterocycles. The fourth-order valence-electron chi connectivity index (χ4n) is 2.22. The Labute approximate surface area is 93.8 Å². The quantitative estimate of drug-likeness (QED) is 0.857. The molecule has 1 aliphatic rings. The van der Waals surface area contributed by atoms with Crippen molar-refractivity contribution in [3.05, 3.63) is 29.6 Å². The highest BCUT2D eigenvalue weighted by Gasteiger charge is 2.37. The molecule has 3 nitrogen and oxygen atoms in total. The monoisotopic (exact) mass is 244 g/mol. The molecule has 16 heavy (non-hydrogen) atoms. The lowest BCUT2D eigenvalue weighted by molar-refractivity contribution is 0.176. The SMILES string of the molecule is CC(O)CC1CS(=O)(=O)c2cccc(F)c21. The molecule has 5 heteroatoms. The van der Waals surface area contributed by atoms with Gasteiger partial charge in [0, 0.05) is 11.5 Å². The first-order valence-electron chi connectivity index (χ1n) is 5.11. The Morgan fingerprint density at radius 2 is 2.25 bits per heavy atom. The Hall–Kier alpha value is -0.940. The van der Waals surface area contributed by atoms with Crippen LogP contribution in [0.15, 0.2) is 23.1 Å². The van der Waals surface area contributed by atoms with Crippen molar-refractivity contribution in [1.29, 1.82) is 0 Å². The number of hydrogen-bond donors (Lipinski definition) is 1. The molecule has 1 aromatic carbocycles. The third-order valence-corrected chi connectivity index (χ3v) is 4.67. The zero-order valence-electron chi connectivity index (χ0n) is 8.85. The molecular weight excluding hydrogens is 231 g/mol. The van der Waals surface area contributed by atoms with Gasteiger partial charge in [0.05, 0.1) is 16.8 Å². The van der Waals surface area contributed by atoms with Crippen LogP contribution in [0.2, 0.25) is 0 Å². The lowest BCUT2D eigenvalue weighted by atomic mass is 9.95. The van der Waals surface area contributed by atoms with Gasteiger partial charge in [-0.3, -0.25) is 0 Å². The van der Waals surface area contributed by atoms with E-state index in [0.717, 1.165) is 0 Å². The molecule has 88 valence electrons. The summed E-state index contributed by atoms with van der Waals surface area (Å²) in [5, 5.41) is 9.28. The lowest BCUT2D eigenvalue weighted by Crippen LogP contribution is -2.11. The number of fused-ring (bicyclic) bond motifs is 1. The van der Waals surface area contributed by atoms with Crippen LogP contribution in [-0.4, -0.2) is 25.4 Å². The van der Waals surface area contributed by atoms with Crippen molar-refractivity contribution in [2.24, 2.45) is 0 Å². The highest BCUT2D eigenvalue weighted by molar-refractivity contribution is 7.91. The summed E-state index contributed by atoms with van der Waals surface area (Å²) in [6.07, 6.45) is -0.363. The Morgan fingerprint density at radius 3 is 2.88 bits per heavy atom. The van der Waals surface area contributed by atoms with Crippen LogP contribution in [0.25, 0.3) is 0 Å². The van der Waals surface area contributed by atoms with Gasteiger partial charge in [0.1, 0.15) is 5.82 Å². The van der Waals surface area contributed by atoms with Crippen LogP contribution in [-0.2, 0) is 9.84 Å². The highest BCUT2D eigenvalue weighted by Crippen LogP contribution is 2.38. The Kier molecular flexibility index (Phi) is 2.75. The second-order valence-electron chi connectivity index (χ2n) is 4.21. The number of benzene rings is 1. The largest absolute Gasteiger partial charge is 0.393 e. The maximum atomic E-state index is 13.6. The van der Waals surface area contributed by atoms with E-state index in [4.69, 9.17) is 0 Å². The molecule has 0 fully saturated rings. The van der Waals surface area contributed by atoms with Crippen molar-refractivity contribution in [2.75, 3.05) is 5.75 Å². The van der Waals surface area contributed by atoms with Gasteiger partial charge in [0.15, 0.2) is 9.84 Å². The second kappa shape index (κ2) is 3.82. The minimum absolute atomic E-state index is 0.0816. The molecule has 0 spiro atoms. The van der Waals surface area contributed by atoms with E-state index in [1.165, 1.54) is 18.2 Å². The van der Waals surface area contributed by atoms with Gasteiger partial charge in [0.2, 0.25) is 0 Å². The molecule has 1 N–H and O–H groups in total. The summed E-state index contributed by atoms with van der Waals surface area (Å²) in [6.45, 7) is 1.57. The van der Waals surface area contributed by atoms with Gasteiger partial charge in [-0.05, 0) is 25.5 Å². The topological polar surface area (TPSA) is 54.4 Å². The average Bonchev–Trinajstić information content (AvgIpc) is 2.38. The van der Waals surface area contributed by atoms with Crippen molar-refractivity contribution in [3.63, 3.8) is 0 Å². The first kappa shape index (κ1) is 11.5. The fraction of sp³-hybridized carbons (Fsp3) is 0.455. The van der Waals surface area contributed by atoms with Crippen LogP contribution in [0, 0.1) is 5.82 Å². The molecule has 0 saturated heterocycles. The van der Waals surface area contributed by atoms with Crippen LogP contribution >= 0.6 is 0 Å². The van der Waals surface area contributed by atoms with Gasteiger partial charge in [-0.25, -0.2) is 12.8 Å². The fourth-order valence-corrected chi connectivity index (χ4v) is 4.12. The Bertz CT molecular complexity index is 508. The van der Waals surface area contributed by atoms with Crippen molar-refractivity contribution >= 4 is 9.84 Å². The van der Waals surface area contributed by atoms with Crippen molar-refractivity contribution in [1.82, 2.24) is 0 Å². The van der Waals surface area contributed by atoms with E-state index in [2.05, 4.69) is 0 Å². The Balaban J connectivity index is 2.52. The zero-order chi connectivity index (χ0) is 11.9. The molecule has 1 aromatic rings. The summed E-state index contributed by atoms with van der Waals surface area (Å²) in [7, 11) is -3.37. The first-order valence-corrected chi connectivity index (χ1v) is 6.76. The second-order valence-corrected chi connectivity index (χ2v) is 6.22. The summed E-state index contributed by atoms with van der Waals surface area (Å²) in [5.41, 5.74) is 0.239. The lowest BCUT2D eigenvalue weighted by Gasteiger charge is -2.12. The van der Waals surface area contributed by atoms with E-state index in [1.807, 2.05) is 0 Å².